The predicted octanol–water partition coefficient (Wildman–Crippen LogP) is 3.55. The number of piperidine rings is 1. The molecule has 2 aromatic rings. The summed E-state index contributed by atoms with van der Waals surface area (Å²) in [4.78, 5) is 21.5. The molecule has 3 heterocycles. The average molecular weight is 329 g/mol. The van der Waals surface area contributed by atoms with Crippen molar-refractivity contribution in [2.24, 2.45) is 5.92 Å². The Kier molecular flexibility index (Phi) is 3.97. The largest absolute Gasteiger partial charge is 0.336 e. The van der Waals surface area contributed by atoms with E-state index in [1.165, 1.54) is 16.9 Å². The van der Waals surface area contributed by atoms with Gasteiger partial charge in [0.05, 0.1) is 17.2 Å². The van der Waals surface area contributed by atoms with E-state index < -0.39 is 0 Å². The molecule has 4 nitrogen and oxygen atoms in total. The van der Waals surface area contributed by atoms with Gasteiger partial charge in [0.25, 0.3) is 5.91 Å². The molecule has 1 fully saturated rings. The summed E-state index contributed by atoms with van der Waals surface area (Å²) in [5.74, 6) is 0.975. The molecule has 4 rings (SSSR count). The highest BCUT2D eigenvalue weighted by molar-refractivity contribution is 7.14. The number of hydrogen-bond donors (Lipinski definition) is 0. The fraction of sp³-hybridized carbons (Fsp3) is 0.556. The van der Waals surface area contributed by atoms with Crippen LogP contribution < -0.4 is 0 Å². The van der Waals surface area contributed by atoms with Crippen molar-refractivity contribution in [2.45, 2.75) is 45.1 Å². The number of nitrogens with zero attached hydrogens (tertiary/aromatic N) is 3. The third-order valence-corrected chi connectivity index (χ3v) is 6.40. The van der Waals surface area contributed by atoms with E-state index in [9.17, 15) is 4.79 Å². The van der Waals surface area contributed by atoms with Gasteiger partial charge in [-0.05, 0) is 49.7 Å². The van der Waals surface area contributed by atoms with Gasteiger partial charge in [0.1, 0.15) is 0 Å². The molecule has 1 aliphatic heterocycles. The van der Waals surface area contributed by atoms with E-state index in [-0.39, 0.29) is 5.91 Å². The van der Waals surface area contributed by atoms with Gasteiger partial charge >= 0.3 is 0 Å². The average Bonchev–Trinajstić information content (AvgIpc) is 3.23. The maximum absolute atomic E-state index is 12.9. The number of aryl methyl sites for hydroxylation is 1. The van der Waals surface area contributed by atoms with E-state index >= 15 is 0 Å². The molecule has 0 aromatic carbocycles. The van der Waals surface area contributed by atoms with E-state index in [2.05, 4.69) is 22.5 Å². The number of likely N-dealkylation sites (tertiary alicyclic amines) is 1. The minimum atomic E-state index is 0.224. The van der Waals surface area contributed by atoms with Crippen LogP contribution in [0.15, 0.2) is 24.8 Å². The lowest BCUT2D eigenvalue weighted by atomic mass is 9.90. The Morgan fingerprint density at radius 2 is 2.30 bits per heavy atom. The monoisotopic (exact) mass is 329 g/mol. The minimum Gasteiger partial charge on any atom is -0.336 e. The summed E-state index contributed by atoms with van der Waals surface area (Å²) in [6.07, 6.45) is 11.4. The standard InChI is InChI=1S/C18H23N3OS/c1-13-4-5-16-14(9-13)10-17(23-16)18(22)20-7-2-3-15(11-20)21-8-6-19-12-21/h6,8,10,12-13,15H,2-5,7,9,11H2,1H3. The molecule has 2 unspecified atom stereocenters. The first kappa shape index (κ1) is 14.9. The lowest BCUT2D eigenvalue weighted by Crippen LogP contribution is -2.40. The molecule has 0 radical (unpaired) electrons. The van der Waals surface area contributed by atoms with E-state index in [0.717, 1.165) is 49.6 Å². The zero-order valence-corrected chi connectivity index (χ0v) is 14.4. The molecule has 2 aliphatic rings. The number of carbonyl (C=O) groups is 1. The molecule has 1 aliphatic carbocycles. The van der Waals surface area contributed by atoms with Crippen molar-refractivity contribution in [3.05, 3.63) is 40.1 Å². The van der Waals surface area contributed by atoms with Gasteiger partial charge in [0, 0.05) is 30.4 Å². The first-order valence-corrected chi connectivity index (χ1v) is 9.40. The summed E-state index contributed by atoms with van der Waals surface area (Å²) in [5, 5.41) is 0. The molecule has 0 spiro atoms. The van der Waals surface area contributed by atoms with Gasteiger partial charge in [-0.2, -0.15) is 0 Å². The van der Waals surface area contributed by atoms with Crippen molar-refractivity contribution in [1.82, 2.24) is 14.5 Å². The molecule has 2 atom stereocenters. The molecule has 0 N–H and O–H groups in total. The third-order valence-electron chi connectivity index (χ3n) is 5.17. The van der Waals surface area contributed by atoms with Crippen LogP contribution in [-0.4, -0.2) is 33.4 Å². The van der Waals surface area contributed by atoms with Crippen LogP contribution in [0, 0.1) is 5.92 Å². The highest BCUT2D eigenvalue weighted by atomic mass is 32.1. The number of carbonyl (C=O) groups excluding carboxylic acids is 1. The van der Waals surface area contributed by atoms with Crippen molar-refractivity contribution in [1.29, 1.82) is 0 Å². The van der Waals surface area contributed by atoms with Gasteiger partial charge in [0.2, 0.25) is 0 Å². The highest BCUT2D eigenvalue weighted by Gasteiger charge is 2.28. The third kappa shape index (κ3) is 2.94. The van der Waals surface area contributed by atoms with E-state index in [4.69, 9.17) is 0 Å². The quantitative estimate of drug-likeness (QED) is 0.845. The fourth-order valence-corrected chi connectivity index (χ4v) is 5.01. The van der Waals surface area contributed by atoms with Gasteiger partial charge in [0.15, 0.2) is 0 Å². The second-order valence-electron chi connectivity index (χ2n) is 6.96. The number of imidazole rings is 1. The van der Waals surface area contributed by atoms with Crippen LogP contribution >= 0.6 is 11.3 Å². The van der Waals surface area contributed by atoms with Crippen molar-refractivity contribution in [2.75, 3.05) is 13.1 Å². The Hall–Kier alpha value is -1.62. The number of fused-ring (bicyclic) bond motifs is 1. The summed E-state index contributed by atoms with van der Waals surface area (Å²) >= 11 is 1.73. The van der Waals surface area contributed by atoms with Crippen LogP contribution in [0.25, 0.3) is 0 Å². The molecule has 0 saturated carbocycles. The summed E-state index contributed by atoms with van der Waals surface area (Å²) < 4.78 is 2.14. The topological polar surface area (TPSA) is 38.1 Å². The molecule has 5 heteroatoms. The number of hydrogen-bond acceptors (Lipinski definition) is 3. The lowest BCUT2D eigenvalue weighted by Gasteiger charge is -2.33. The second-order valence-corrected chi connectivity index (χ2v) is 8.10. The molecular weight excluding hydrogens is 306 g/mol. The van der Waals surface area contributed by atoms with Gasteiger partial charge in [-0.1, -0.05) is 6.92 Å². The maximum Gasteiger partial charge on any atom is 0.264 e. The van der Waals surface area contributed by atoms with Crippen LogP contribution in [-0.2, 0) is 12.8 Å². The van der Waals surface area contributed by atoms with Crippen molar-refractivity contribution < 1.29 is 4.79 Å². The smallest absolute Gasteiger partial charge is 0.264 e. The Labute approximate surface area is 141 Å². The molecular formula is C18H23N3OS. The first-order valence-electron chi connectivity index (χ1n) is 8.59. The van der Waals surface area contributed by atoms with Crippen molar-refractivity contribution >= 4 is 17.2 Å². The van der Waals surface area contributed by atoms with Gasteiger partial charge < -0.3 is 9.47 Å². The normalized spacial score (nSPS) is 24.5. The summed E-state index contributed by atoms with van der Waals surface area (Å²) in [7, 11) is 0. The Balaban J connectivity index is 1.50. The van der Waals surface area contributed by atoms with E-state index in [1.807, 2.05) is 23.6 Å². The maximum atomic E-state index is 12.9. The number of amides is 1. The fourth-order valence-electron chi connectivity index (χ4n) is 3.84. The van der Waals surface area contributed by atoms with Gasteiger partial charge in [-0.25, -0.2) is 4.98 Å². The Bertz CT molecular complexity index is 691. The van der Waals surface area contributed by atoms with Crippen LogP contribution in [0.4, 0.5) is 0 Å². The molecule has 1 saturated heterocycles. The number of thiophene rings is 1. The lowest BCUT2D eigenvalue weighted by molar-refractivity contribution is 0.0684. The molecule has 0 bridgehead atoms. The van der Waals surface area contributed by atoms with Crippen LogP contribution in [0.5, 0.6) is 0 Å². The van der Waals surface area contributed by atoms with Crippen molar-refractivity contribution in [3.63, 3.8) is 0 Å². The number of rotatable bonds is 2. The highest BCUT2D eigenvalue weighted by Crippen LogP contribution is 2.33. The van der Waals surface area contributed by atoms with Gasteiger partial charge in [-0.15, -0.1) is 11.3 Å². The Morgan fingerprint density at radius 1 is 1.39 bits per heavy atom. The Morgan fingerprint density at radius 3 is 3.13 bits per heavy atom. The molecule has 1 amide bonds. The molecule has 23 heavy (non-hydrogen) atoms. The van der Waals surface area contributed by atoms with Crippen LogP contribution in [0.2, 0.25) is 0 Å². The SMILES string of the molecule is CC1CCc2sc(C(=O)N3CCCC(n4ccnc4)C3)cc2C1. The molecule has 122 valence electrons. The predicted molar refractivity (Wildman–Crippen MR) is 91.9 cm³/mol. The number of aromatic nitrogens is 2. The van der Waals surface area contributed by atoms with E-state index in [0.29, 0.717) is 6.04 Å². The summed E-state index contributed by atoms with van der Waals surface area (Å²) in [6, 6.07) is 2.53. The first-order chi connectivity index (χ1) is 11.2. The van der Waals surface area contributed by atoms with Crippen molar-refractivity contribution in [3.8, 4) is 0 Å². The second kappa shape index (κ2) is 6.11. The minimum absolute atomic E-state index is 0.224. The zero-order chi connectivity index (χ0) is 15.8. The molecule has 2 aromatic heterocycles. The van der Waals surface area contributed by atoms with E-state index in [1.54, 1.807) is 11.3 Å². The summed E-state index contributed by atoms with van der Waals surface area (Å²) in [6.45, 7) is 3.99. The summed E-state index contributed by atoms with van der Waals surface area (Å²) in [5.41, 5.74) is 1.42. The van der Waals surface area contributed by atoms with Crippen LogP contribution in [0.1, 0.15) is 52.3 Å². The van der Waals surface area contributed by atoms with Gasteiger partial charge in [-0.3, -0.25) is 4.79 Å². The van der Waals surface area contributed by atoms with Crippen LogP contribution in [0.3, 0.4) is 0 Å². The zero-order valence-electron chi connectivity index (χ0n) is 13.6.